The van der Waals surface area contributed by atoms with Gasteiger partial charge in [-0.1, -0.05) is 13.0 Å². The van der Waals surface area contributed by atoms with Gasteiger partial charge in [0, 0.05) is 49.5 Å². The van der Waals surface area contributed by atoms with Crippen molar-refractivity contribution in [3.05, 3.63) is 35.1 Å². The van der Waals surface area contributed by atoms with Gasteiger partial charge in [0.2, 0.25) is 17.7 Å². The van der Waals surface area contributed by atoms with Crippen molar-refractivity contribution in [2.24, 2.45) is 16.5 Å². The van der Waals surface area contributed by atoms with Crippen molar-refractivity contribution in [1.82, 2.24) is 25.8 Å². The standard InChI is InChI=1S/C38H58N8O10/c1-5-24-11-12-28(55-4)33(51)32(24)37-15-18-45(3)23(2)38(37,54)14-13-26(20-37)56-36(53)46-17-7-6-9-25(46)21-43-34(52)27(10-8-16-41-35(39)40)44-30(48)22-42-29(47)19-31(49)50/h11-13,23,25,27,51,54H,5-10,14-22H2,1-4H3,(H,42,47)(H,43,52)(H,44,48)(H,49,50)(H4,39,40,41). The fraction of sp³-hybridized carbons (Fsp3) is 0.632. The van der Waals surface area contributed by atoms with Crippen molar-refractivity contribution < 1.29 is 48.8 Å². The highest BCUT2D eigenvalue weighted by Gasteiger charge is 2.61. The number of guanidine groups is 1. The lowest BCUT2D eigenvalue weighted by molar-refractivity contribution is -0.141. The molecule has 18 nitrogen and oxygen atoms in total. The number of aromatic hydroxyl groups is 1. The number of nitrogens with one attached hydrogen (secondary N) is 3. The Morgan fingerprint density at radius 2 is 1.86 bits per heavy atom. The first-order valence-corrected chi connectivity index (χ1v) is 19.2. The van der Waals surface area contributed by atoms with Gasteiger partial charge in [-0.15, -0.1) is 0 Å². The first kappa shape index (κ1) is 43.6. The molecule has 2 aliphatic heterocycles. The number of amides is 4. The Morgan fingerprint density at radius 3 is 2.54 bits per heavy atom. The van der Waals surface area contributed by atoms with Gasteiger partial charge in [-0.25, -0.2) is 4.79 Å². The number of likely N-dealkylation sites (tertiary alicyclic amines) is 2. The number of phenols is 1. The van der Waals surface area contributed by atoms with Gasteiger partial charge >= 0.3 is 12.1 Å². The quantitative estimate of drug-likeness (QED) is 0.0494. The number of hydrogen-bond donors (Lipinski definition) is 8. The van der Waals surface area contributed by atoms with Crippen LogP contribution in [0, 0.1) is 0 Å². The summed E-state index contributed by atoms with van der Waals surface area (Å²) in [6.45, 7) is 4.69. The zero-order valence-electron chi connectivity index (χ0n) is 32.8. The van der Waals surface area contributed by atoms with E-state index in [0.29, 0.717) is 55.8 Å². The Hall–Kier alpha value is -5.10. The van der Waals surface area contributed by atoms with E-state index in [1.807, 2.05) is 27.0 Å². The first-order valence-electron chi connectivity index (χ1n) is 19.2. The smallest absolute Gasteiger partial charge is 0.415 e. The molecule has 0 aromatic heterocycles. The molecule has 18 heteroatoms. The number of carboxylic acid groups (broad SMARTS) is 1. The van der Waals surface area contributed by atoms with Crippen LogP contribution >= 0.6 is 0 Å². The molecule has 0 bridgehead atoms. The molecule has 4 rings (SSSR count). The van der Waals surface area contributed by atoms with Crippen LogP contribution in [-0.2, 0) is 35.8 Å². The second-order valence-electron chi connectivity index (χ2n) is 14.8. The maximum atomic E-state index is 14.0. The minimum absolute atomic E-state index is 0.0323. The number of carbonyl (C=O) groups is 5. The van der Waals surface area contributed by atoms with E-state index in [4.69, 9.17) is 26.0 Å². The molecule has 2 heterocycles. The number of aliphatic imine (C=N–C) groups is 1. The summed E-state index contributed by atoms with van der Waals surface area (Å²) in [6, 6.07) is 1.86. The van der Waals surface area contributed by atoms with Crippen molar-refractivity contribution in [1.29, 1.82) is 0 Å². The van der Waals surface area contributed by atoms with Gasteiger partial charge in [0.1, 0.15) is 18.2 Å². The number of methoxy groups -OCH3 is 1. The number of ether oxygens (including phenoxy) is 2. The number of aliphatic carboxylic acids is 1. The summed E-state index contributed by atoms with van der Waals surface area (Å²) in [5, 5.41) is 40.6. The average molecular weight is 787 g/mol. The molecule has 0 saturated carbocycles. The van der Waals surface area contributed by atoms with Gasteiger partial charge in [-0.2, -0.15) is 0 Å². The van der Waals surface area contributed by atoms with Crippen LogP contribution in [0.15, 0.2) is 29.0 Å². The van der Waals surface area contributed by atoms with Crippen LogP contribution in [-0.4, -0.2) is 131 Å². The molecule has 5 atom stereocenters. The third kappa shape index (κ3) is 10.0. The second-order valence-corrected chi connectivity index (χ2v) is 14.8. The lowest BCUT2D eigenvalue weighted by Crippen LogP contribution is -2.68. The second kappa shape index (κ2) is 19.2. The van der Waals surface area contributed by atoms with Crippen molar-refractivity contribution in [3.63, 3.8) is 0 Å². The Balaban J connectivity index is 1.49. The Labute approximate surface area is 327 Å². The maximum absolute atomic E-state index is 14.0. The normalized spacial score (nSPS) is 24.1. The number of benzene rings is 1. The van der Waals surface area contributed by atoms with Crippen LogP contribution in [0.5, 0.6) is 11.5 Å². The summed E-state index contributed by atoms with van der Waals surface area (Å²) in [5.41, 5.74) is 9.98. The topological polar surface area (TPSA) is 271 Å². The number of nitrogens with zero attached hydrogens (tertiary/aromatic N) is 3. The minimum atomic E-state index is -1.35. The lowest BCUT2D eigenvalue weighted by Gasteiger charge is -2.59. The maximum Gasteiger partial charge on any atom is 0.415 e. The summed E-state index contributed by atoms with van der Waals surface area (Å²) >= 11 is 0. The summed E-state index contributed by atoms with van der Waals surface area (Å²) in [6.07, 6.45) is 4.37. The Kier molecular flexibility index (Phi) is 14.9. The zero-order valence-corrected chi connectivity index (χ0v) is 32.8. The molecule has 0 radical (unpaired) electrons. The summed E-state index contributed by atoms with van der Waals surface area (Å²) < 4.78 is 11.6. The average Bonchev–Trinajstić information content (AvgIpc) is 3.16. The lowest BCUT2D eigenvalue weighted by atomic mass is 9.54. The van der Waals surface area contributed by atoms with Gasteiger partial charge in [-0.05, 0) is 83.2 Å². The number of fused-ring (bicyclic) bond motifs is 1. The molecule has 1 aliphatic carbocycles. The van der Waals surface area contributed by atoms with Crippen molar-refractivity contribution in [2.45, 2.75) is 107 Å². The predicted octanol–water partition coefficient (Wildman–Crippen LogP) is 0.570. The zero-order chi connectivity index (χ0) is 41.2. The molecule has 56 heavy (non-hydrogen) atoms. The van der Waals surface area contributed by atoms with E-state index in [-0.39, 0.29) is 50.1 Å². The fourth-order valence-corrected chi connectivity index (χ4v) is 8.26. The molecule has 310 valence electrons. The van der Waals surface area contributed by atoms with Crippen LogP contribution in [0.4, 0.5) is 4.79 Å². The monoisotopic (exact) mass is 786 g/mol. The molecule has 1 aromatic rings. The van der Waals surface area contributed by atoms with E-state index in [0.717, 1.165) is 18.4 Å². The number of carboxylic acids is 1. The third-order valence-corrected chi connectivity index (χ3v) is 11.4. The van der Waals surface area contributed by atoms with Crippen molar-refractivity contribution in [2.75, 3.05) is 46.9 Å². The van der Waals surface area contributed by atoms with E-state index in [1.54, 1.807) is 17.0 Å². The molecule has 5 unspecified atom stereocenters. The molecule has 2 fully saturated rings. The van der Waals surface area contributed by atoms with Gasteiger partial charge in [0.05, 0.1) is 25.3 Å². The molecule has 4 amide bonds. The highest BCUT2D eigenvalue weighted by molar-refractivity contribution is 5.95. The van der Waals surface area contributed by atoms with Crippen molar-refractivity contribution in [3.8, 4) is 11.5 Å². The largest absolute Gasteiger partial charge is 0.504 e. The molecule has 1 aromatic carbocycles. The highest BCUT2D eigenvalue weighted by atomic mass is 16.6. The fourth-order valence-electron chi connectivity index (χ4n) is 8.26. The molecular weight excluding hydrogens is 728 g/mol. The SMILES string of the molecule is CCc1ccc(OC)c(O)c1C12CCN(C)C(C)C1(O)CC=C(OC(=O)N1CCCCC1CNC(=O)C(CCCN=C(N)N)NC(=O)CNC(=O)CC(=O)O)C2. The minimum Gasteiger partial charge on any atom is -0.504 e. The van der Waals surface area contributed by atoms with Crippen molar-refractivity contribution >= 4 is 35.7 Å². The number of likely N-dealkylation sites (N-methyl/N-ethyl adjacent to an activating group) is 1. The predicted molar refractivity (Wildman–Crippen MR) is 206 cm³/mol. The van der Waals surface area contributed by atoms with Gasteiger partial charge in [0.25, 0.3) is 0 Å². The number of rotatable bonds is 16. The van der Waals surface area contributed by atoms with Gasteiger partial charge in [0.15, 0.2) is 17.5 Å². The first-order chi connectivity index (χ1) is 26.6. The molecular formula is C38H58N8O10. The van der Waals surface area contributed by atoms with Crippen LogP contribution in [0.1, 0.15) is 82.8 Å². The number of allylic oxidation sites excluding steroid dienone is 1. The summed E-state index contributed by atoms with van der Waals surface area (Å²) in [4.78, 5) is 70.2. The van der Waals surface area contributed by atoms with E-state index < -0.39 is 65.8 Å². The summed E-state index contributed by atoms with van der Waals surface area (Å²) in [7, 11) is 3.44. The van der Waals surface area contributed by atoms with E-state index in [9.17, 15) is 34.2 Å². The molecule has 2 saturated heterocycles. The molecule has 10 N–H and O–H groups in total. The number of nitrogens with two attached hydrogens (primary N) is 2. The molecule has 0 spiro atoms. The van der Waals surface area contributed by atoms with Crippen LogP contribution in [0.25, 0.3) is 0 Å². The van der Waals surface area contributed by atoms with Gasteiger partial charge < -0.3 is 62.0 Å². The number of hydrogen-bond acceptors (Lipinski definition) is 11. The molecule has 3 aliphatic rings. The van der Waals surface area contributed by atoms with Gasteiger partial charge in [-0.3, -0.25) is 24.2 Å². The number of aliphatic hydroxyl groups is 1. The van der Waals surface area contributed by atoms with E-state index >= 15 is 0 Å². The third-order valence-electron chi connectivity index (χ3n) is 11.4. The number of carbonyl (C=O) groups excluding carboxylic acids is 4. The van der Waals surface area contributed by atoms with E-state index in [2.05, 4.69) is 25.8 Å². The van der Waals surface area contributed by atoms with Crippen LogP contribution in [0.3, 0.4) is 0 Å². The highest BCUT2D eigenvalue weighted by Crippen LogP contribution is 2.57. The number of phenolic OH excluding ortho intramolecular Hbond substituents is 1. The summed E-state index contributed by atoms with van der Waals surface area (Å²) in [5.74, 6) is -2.92. The van der Waals surface area contributed by atoms with E-state index in [1.165, 1.54) is 7.11 Å². The Morgan fingerprint density at radius 1 is 1.11 bits per heavy atom. The van der Waals surface area contributed by atoms with Crippen LogP contribution < -0.4 is 32.2 Å². The van der Waals surface area contributed by atoms with Crippen LogP contribution in [0.2, 0.25) is 0 Å². The number of aryl methyl sites for hydroxylation is 1. The Bertz CT molecular complexity index is 1680. The number of piperidine rings is 2.